The number of ether oxygens (including phenoxy) is 1. The first kappa shape index (κ1) is 18.0. The normalized spacial score (nSPS) is 16.6. The SMILES string of the molecule is CCC(Oc1ccc(-c2cn3ccc(C)cc3n2)c(F)c1)N1CCCCC1. The van der Waals surface area contributed by atoms with E-state index in [4.69, 9.17) is 4.74 Å². The van der Waals surface area contributed by atoms with Gasteiger partial charge in [-0.1, -0.05) is 13.3 Å². The van der Waals surface area contributed by atoms with E-state index >= 15 is 0 Å². The summed E-state index contributed by atoms with van der Waals surface area (Å²) < 4.78 is 22.8. The van der Waals surface area contributed by atoms with E-state index in [1.54, 1.807) is 6.07 Å². The van der Waals surface area contributed by atoms with E-state index in [-0.39, 0.29) is 12.0 Å². The van der Waals surface area contributed by atoms with Gasteiger partial charge in [0.2, 0.25) is 0 Å². The Labute approximate surface area is 159 Å². The van der Waals surface area contributed by atoms with Crippen LogP contribution in [-0.4, -0.2) is 33.6 Å². The number of pyridine rings is 1. The predicted octanol–water partition coefficient (Wildman–Crippen LogP) is 5.05. The summed E-state index contributed by atoms with van der Waals surface area (Å²) in [4.78, 5) is 6.92. The molecule has 3 heterocycles. The van der Waals surface area contributed by atoms with Crippen molar-refractivity contribution in [2.45, 2.75) is 45.8 Å². The summed E-state index contributed by atoms with van der Waals surface area (Å²) in [5.41, 5.74) is 3.08. The minimum Gasteiger partial charge on any atom is -0.475 e. The minimum absolute atomic E-state index is 0.00807. The first-order chi connectivity index (χ1) is 13.1. The Morgan fingerprint density at radius 3 is 2.70 bits per heavy atom. The Morgan fingerprint density at radius 1 is 1.15 bits per heavy atom. The average molecular weight is 367 g/mol. The second-order valence-corrected chi connectivity index (χ2v) is 7.31. The first-order valence-corrected chi connectivity index (χ1v) is 9.80. The van der Waals surface area contributed by atoms with E-state index in [1.165, 1.54) is 25.3 Å². The zero-order chi connectivity index (χ0) is 18.8. The van der Waals surface area contributed by atoms with Crippen LogP contribution in [0.4, 0.5) is 4.39 Å². The molecule has 142 valence electrons. The summed E-state index contributed by atoms with van der Waals surface area (Å²) in [6.07, 6.45) is 8.40. The molecule has 1 fully saturated rings. The van der Waals surface area contributed by atoms with Crippen LogP contribution in [0.25, 0.3) is 16.9 Å². The second kappa shape index (κ2) is 7.69. The van der Waals surface area contributed by atoms with Gasteiger partial charge in [-0.25, -0.2) is 9.37 Å². The van der Waals surface area contributed by atoms with Crippen molar-refractivity contribution < 1.29 is 9.13 Å². The topological polar surface area (TPSA) is 29.8 Å². The monoisotopic (exact) mass is 367 g/mol. The standard InChI is InChI=1S/C22H26FN3O/c1-3-22(25-10-5-4-6-11-25)27-17-7-8-18(19(23)14-17)20-15-26-12-9-16(2)13-21(26)24-20/h7-9,12-15,22H,3-6,10-11H2,1-2H3. The minimum atomic E-state index is -0.305. The third kappa shape index (κ3) is 3.83. The Bertz CT molecular complexity index is 930. The number of fused-ring (bicyclic) bond motifs is 1. The van der Waals surface area contributed by atoms with E-state index in [2.05, 4.69) is 16.8 Å². The van der Waals surface area contributed by atoms with Crippen molar-refractivity contribution >= 4 is 5.65 Å². The van der Waals surface area contributed by atoms with Crippen molar-refractivity contribution in [3.63, 3.8) is 0 Å². The van der Waals surface area contributed by atoms with Gasteiger partial charge in [0.1, 0.15) is 17.2 Å². The number of likely N-dealkylation sites (tertiary alicyclic amines) is 1. The molecule has 0 radical (unpaired) electrons. The van der Waals surface area contributed by atoms with Crippen LogP contribution in [0.2, 0.25) is 0 Å². The molecule has 0 spiro atoms. The van der Waals surface area contributed by atoms with Crippen molar-refractivity contribution in [2.24, 2.45) is 0 Å². The molecule has 1 aromatic carbocycles. The van der Waals surface area contributed by atoms with E-state index < -0.39 is 0 Å². The van der Waals surface area contributed by atoms with Gasteiger partial charge in [-0.2, -0.15) is 0 Å². The highest BCUT2D eigenvalue weighted by molar-refractivity contribution is 5.64. The van der Waals surface area contributed by atoms with Crippen molar-refractivity contribution in [3.8, 4) is 17.0 Å². The molecule has 0 amide bonds. The third-order valence-corrected chi connectivity index (χ3v) is 5.25. The highest BCUT2D eigenvalue weighted by atomic mass is 19.1. The zero-order valence-electron chi connectivity index (χ0n) is 16.0. The molecule has 3 aromatic rings. The number of hydrogen-bond acceptors (Lipinski definition) is 3. The van der Waals surface area contributed by atoms with Gasteiger partial charge in [0.05, 0.1) is 5.69 Å². The molecule has 4 rings (SSSR count). The molecule has 0 N–H and O–H groups in total. The maximum atomic E-state index is 14.8. The van der Waals surface area contributed by atoms with Crippen LogP contribution in [0.15, 0.2) is 42.7 Å². The summed E-state index contributed by atoms with van der Waals surface area (Å²) in [7, 11) is 0. The van der Waals surface area contributed by atoms with Crippen LogP contribution in [-0.2, 0) is 0 Å². The number of hydrogen-bond donors (Lipinski definition) is 0. The Morgan fingerprint density at radius 2 is 1.96 bits per heavy atom. The van der Waals surface area contributed by atoms with Gasteiger partial charge in [-0.05, 0) is 56.0 Å². The summed E-state index contributed by atoms with van der Waals surface area (Å²) in [6.45, 7) is 6.25. The predicted molar refractivity (Wildman–Crippen MR) is 105 cm³/mol. The largest absolute Gasteiger partial charge is 0.475 e. The van der Waals surface area contributed by atoms with Crippen LogP contribution >= 0.6 is 0 Å². The molecule has 1 aliphatic heterocycles. The van der Waals surface area contributed by atoms with Gasteiger partial charge in [0, 0.05) is 37.1 Å². The lowest BCUT2D eigenvalue weighted by atomic mass is 10.1. The van der Waals surface area contributed by atoms with E-state index in [1.807, 2.05) is 41.9 Å². The molecular formula is C22H26FN3O. The van der Waals surface area contributed by atoms with Crippen LogP contribution in [0.5, 0.6) is 5.75 Å². The van der Waals surface area contributed by atoms with Crippen LogP contribution in [0.1, 0.15) is 38.2 Å². The van der Waals surface area contributed by atoms with Gasteiger partial charge in [-0.3, -0.25) is 4.90 Å². The zero-order valence-corrected chi connectivity index (χ0v) is 16.0. The molecule has 2 aromatic heterocycles. The molecule has 1 atom stereocenters. The van der Waals surface area contributed by atoms with Crippen molar-refractivity contribution in [1.82, 2.24) is 14.3 Å². The summed E-state index contributed by atoms with van der Waals surface area (Å²) >= 11 is 0. The molecule has 4 nitrogen and oxygen atoms in total. The molecule has 5 heteroatoms. The van der Waals surface area contributed by atoms with Gasteiger partial charge in [0.15, 0.2) is 6.23 Å². The number of aryl methyl sites for hydroxylation is 1. The lowest BCUT2D eigenvalue weighted by molar-refractivity contribution is 0.00965. The van der Waals surface area contributed by atoms with Crippen LogP contribution in [0, 0.1) is 12.7 Å². The molecule has 1 saturated heterocycles. The number of aromatic nitrogens is 2. The Kier molecular flexibility index (Phi) is 5.12. The van der Waals surface area contributed by atoms with E-state index in [9.17, 15) is 4.39 Å². The molecule has 0 bridgehead atoms. The maximum Gasteiger partial charge on any atom is 0.152 e. The Hall–Kier alpha value is -2.40. The molecule has 1 unspecified atom stereocenters. The fourth-order valence-electron chi connectivity index (χ4n) is 3.77. The smallest absolute Gasteiger partial charge is 0.152 e. The third-order valence-electron chi connectivity index (χ3n) is 5.25. The van der Waals surface area contributed by atoms with Gasteiger partial charge < -0.3 is 9.14 Å². The fourth-order valence-corrected chi connectivity index (χ4v) is 3.77. The van der Waals surface area contributed by atoms with Crippen molar-refractivity contribution in [1.29, 1.82) is 0 Å². The quantitative estimate of drug-likeness (QED) is 0.632. The lowest BCUT2D eigenvalue weighted by Gasteiger charge is -2.34. The fraction of sp³-hybridized carbons (Fsp3) is 0.409. The van der Waals surface area contributed by atoms with Gasteiger partial charge in [-0.15, -0.1) is 0 Å². The first-order valence-electron chi connectivity index (χ1n) is 9.80. The Balaban J connectivity index is 1.56. The summed E-state index contributed by atoms with van der Waals surface area (Å²) in [6, 6.07) is 9.10. The van der Waals surface area contributed by atoms with Crippen molar-refractivity contribution in [3.05, 3.63) is 54.1 Å². The van der Waals surface area contributed by atoms with Crippen LogP contribution < -0.4 is 4.74 Å². The number of imidazole rings is 1. The number of benzene rings is 1. The average Bonchev–Trinajstić information content (AvgIpc) is 3.09. The number of nitrogens with zero attached hydrogens (tertiary/aromatic N) is 3. The lowest BCUT2D eigenvalue weighted by Crippen LogP contribution is -2.42. The molecule has 27 heavy (non-hydrogen) atoms. The summed E-state index contributed by atoms with van der Waals surface area (Å²) in [5.74, 6) is 0.273. The molecule has 0 aliphatic carbocycles. The summed E-state index contributed by atoms with van der Waals surface area (Å²) in [5, 5.41) is 0. The number of halogens is 1. The highest BCUT2D eigenvalue weighted by Gasteiger charge is 2.21. The second-order valence-electron chi connectivity index (χ2n) is 7.31. The van der Waals surface area contributed by atoms with E-state index in [0.717, 1.165) is 30.7 Å². The van der Waals surface area contributed by atoms with E-state index in [0.29, 0.717) is 17.0 Å². The van der Waals surface area contributed by atoms with Crippen LogP contribution in [0.3, 0.4) is 0 Å². The van der Waals surface area contributed by atoms with Crippen molar-refractivity contribution in [2.75, 3.05) is 13.1 Å². The highest BCUT2D eigenvalue weighted by Crippen LogP contribution is 2.27. The molecule has 1 aliphatic rings. The van der Waals surface area contributed by atoms with Gasteiger partial charge >= 0.3 is 0 Å². The molecule has 0 saturated carbocycles. The van der Waals surface area contributed by atoms with Gasteiger partial charge in [0.25, 0.3) is 0 Å². The maximum absolute atomic E-state index is 14.8. The number of rotatable bonds is 5. The molecular weight excluding hydrogens is 341 g/mol. The number of piperidine rings is 1.